The van der Waals surface area contributed by atoms with E-state index in [1.807, 2.05) is 0 Å². The monoisotopic (exact) mass is 167 g/mol. The normalized spacial score (nSPS) is 16.3. The lowest BCUT2D eigenvalue weighted by atomic mass is 10.4. The number of hydrogen-bond acceptors (Lipinski definition) is 3. The van der Waals surface area contributed by atoms with E-state index in [0.29, 0.717) is 11.7 Å². The zero-order valence-corrected chi connectivity index (χ0v) is 6.37. The second kappa shape index (κ2) is 2.23. The zero-order chi connectivity index (χ0) is 8.72. The topological polar surface area (TPSA) is 92.0 Å². The highest BCUT2D eigenvalue weighted by atomic mass is 16.3. The Morgan fingerprint density at radius 3 is 2.75 bits per heavy atom. The maximum atomic E-state index is 10.7. The van der Waals surface area contributed by atoms with Crippen LogP contribution in [0.15, 0.2) is 0 Å². The van der Waals surface area contributed by atoms with E-state index in [1.54, 1.807) is 0 Å². The van der Waals surface area contributed by atoms with Gasteiger partial charge in [0, 0.05) is 5.92 Å². The van der Waals surface area contributed by atoms with E-state index >= 15 is 0 Å². The van der Waals surface area contributed by atoms with E-state index in [1.165, 1.54) is 0 Å². The molecule has 1 fully saturated rings. The van der Waals surface area contributed by atoms with Crippen LogP contribution >= 0.6 is 0 Å². The van der Waals surface area contributed by atoms with Gasteiger partial charge >= 0.3 is 0 Å². The third kappa shape index (κ3) is 1.03. The first-order valence-corrected chi connectivity index (χ1v) is 3.77. The van der Waals surface area contributed by atoms with Gasteiger partial charge in [0.1, 0.15) is 5.82 Å². The number of carbonyl (C=O) groups is 1. The summed E-state index contributed by atoms with van der Waals surface area (Å²) < 4.78 is 0. The van der Waals surface area contributed by atoms with Crippen molar-refractivity contribution in [3.63, 3.8) is 0 Å². The SMILES string of the molecule is NC(=O)c1[nH]c(C2CC2)nc1O. The molecular formula is C7H9N3O2. The third-order valence-electron chi connectivity index (χ3n) is 1.91. The number of aromatic nitrogens is 2. The summed E-state index contributed by atoms with van der Waals surface area (Å²) in [6.07, 6.45) is 2.12. The molecule has 0 atom stereocenters. The van der Waals surface area contributed by atoms with E-state index in [2.05, 4.69) is 9.97 Å². The van der Waals surface area contributed by atoms with E-state index in [0.717, 1.165) is 12.8 Å². The number of carbonyl (C=O) groups excluding carboxylic acids is 1. The number of imidazole rings is 1. The average Bonchev–Trinajstić information content (AvgIpc) is 2.75. The number of H-pyrrole nitrogens is 1. The predicted octanol–water partition coefficient (Wildman–Crippen LogP) is 0.0916. The molecule has 1 aliphatic rings. The van der Waals surface area contributed by atoms with Crippen LogP contribution in [0.3, 0.4) is 0 Å². The number of primary amides is 1. The molecule has 0 aromatic carbocycles. The maximum absolute atomic E-state index is 10.7. The van der Waals surface area contributed by atoms with E-state index < -0.39 is 5.91 Å². The third-order valence-corrected chi connectivity index (χ3v) is 1.91. The Morgan fingerprint density at radius 2 is 2.33 bits per heavy atom. The summed E-state index contributed by atoms with van der Waals surface area (Å²) in [5.74, 6) is 0.0848. The molecule has 1 saturated carbocycles. The van der Waals surface area contributed by atoms with Gasteiger partial charge in [-0.3, -0.25) is 4.79 Å². The van der Waals surface area contributed by atoms with Gasteiger partial charge in [0.2, 0.25) is 5.88 Å². The molecule has 4 N–H and O–H groups in total. The Labute approximate surface area is 68.6 Å². The van der Waals surface area contributed by atoms with Gasteiger partial charge in [-0.1, -0.05) is 0 Å². The van der Waals surface area contributed by atoms with Gasteiger partial charge in [-0.25, -0.2) is 0 Å². The molecular weight excluding hydrogens is 158 g/mol. The van der Waals surface area contributed by atoms with Crippen molar-refractivity contribution in [2.24, 2.45) is 5.73 Å². The van der Waals surface area contributed by atoms with Crippen LogP contribution in [-0.2, 0) is 0 Å². The fourth-order valence-electron chi connectivity index (χ4n) is 1.10. The predicted molar refractivity (Wildman–Crippen MR) is 40.7 cm³/mol. The number of nitrogens with one attached hydrogen (secondary N) is 1. The summed E-state index contributed by atoms with van der Waals surface area (Å²) in [5, 5.41) is 9.14. The number of nitrogens with two attached hydrogens (primary N) is 1. The van der Waals surface area contributed by atoms with Crippen LogP contribution in [-0.4, -0.2) is 21.0 Å². The molecule has 64 valence electrons. The highest BCUT2D eigenvalue weighted by Gasteiger charge is 2.28. The van der Waals surface area contributed by atoms with E-state index in [9.17, 15) is 4.79 Å². The Kier molecular flexibility index (Phi) is 1.33. The molecule has 1 aromatic rings. The molecule has 1 heterocycles. The molecule has 1 amide bonds. The molecule has 12 heavy (non-hydrogen) atoms. The van der Waals surface area contributed by atoms with Crippen molar-refractivity contribution in [3.05, 3.63) is 11.5 Å². The summed E-state index contributed by atoms with van der Waals surface area (Å²) >= 11 is 0. The second-order valence-electron chi connectivity index (χ2n) is 2.96. The fourth-order valence-corrected chi connectivity index (χ4v) is 1.10. The molecule has 1 aliphatic carbocycles. The number of amides is 1. The Bertz CT molecular complexity index is 327. The van der Waals surface area contributed by atoms with Gasteiger partial charge in [0.15, 0.2) is 5.69 Å². The van der Waals surface area contributed by atoms with Gasteiger partial charge in [-0.15, -0.1) is 0 Å². The smallest absolute Gasteiger partial charge is 0.270 e. The van der Waals surface area contributed by atoms with Gasteiger partial charge in [-0.2, -0.15) is 4.98 Å². The molecule has 0 spiro atoms. The Hall–Kier alpha value is -1.52. The van der Waals surface area contributed by atoms with Crippen molar-refractivity contribution in [2.45, 2.75) is 18.8 Å². The summed E-state index contributed by atoms with van der Waals surface area (Å²) in [7, 11) is 0. The van der Waals surface area contributed by atoms with Gasteiger partial charge in [-0.05, 0) is 12.8 Å². The van der Waals surface area contributed by atoms with Crippen molar-refractivity contribution in [2.75, 3.05) is 0 Å². The largest absolute Gasteiger partial charge is 0.492 e. The average molecular weight is 167 g/mol. The van der Waals surface area contributed by atoms with Crippen molar-refractivity contribution in [1.82, 2.24) is 9.97 Å². The number of nitrogens with zero attached hydrogens (tertiary/aromatic N) is 1. The van der Waals surface area contributed by atoms with Crippen LogP contribution < -0.4 is 5.73 Å². The number of rotatable bonds is 2. The van der Waals surface area contributed by atoms with Crippen LogP contribution in [0.1, 0.15) is 35.1 Å². The fraction of sp³-hybridized carbons (Fsp3) is 0.429. The molecule has 1 aromatic heterocycles. The first-order chi connectivity index (χ1) is 5.68. The van der Waals surface area contributed by atoms with Crippen LogP contribution in [0.2, 0.25) is 0 Å². The van der Waals surface area contributed by atoms with Crippen LogP contribution in [0, 0.1) is 0 Å². The molecule has 0 bridgehead atoms. The minimum atomic E-state index is -0.674. The van der Waals surface area contributed by atoms with E-state index in [-0.39, 0.29) is 11.6 Å². The summed E-state index contributed by atoms with van der Waals surface area (Å²) in [5.41, 5.74) is 4.99. The van der Waals surface area contributed by atoms with Crippen molar-refractivity contribution in [1.29, 1.82) is 0 Å². The Morgan fingerprint density at radius 1 is 1.67 bits per heavy atom. The van der Waals surface area contributed by atoms with Crippen LogP contribution in [0.5, 0.6) is 5.88 Å². The number of hydrogen-bond donors (Lipinski definition) is 3. The summed E-state index contributed by atoms with van der Waals surface area (Å²) in [6, 6.07) is 0. The molecule has 0 radical (unpaired) electrons. The number of aromatic amines is 1. The lowest BCUT2D eigenvalue weighted by molar-refractivity contribution is 0.0993. The molecule has 5 nitrogen and oxygen atoms in total. The molecule has 0 aliphatic heterocycles. The molecule has 2 rings (SSSR count). The Balaban J connectivity index is 2.36. The summed E-state index contributed by atoms with van der Waals surface area (Å²) in [6.45, 7) is 0. The maximum Gasteiger partial charge on any atom is 0.270 e. The minimum Gasteiger partial charge on any atom is -0.492 e. The van der Waals surface area contributed by atoms with Crippen molar-refractivity contribution in [3.8, 4) is 5.88 Å². The highest BCUT2D eigenvalue weighted by Crippen LogP contribution is 2.39. The van der Waals surface area contributed by atoms with Crippen molar-refractivity contribution < 1.29 is 9.90 Å². The first-order valence-electron chi connectivity index (χ1n) is 3.77. The minimum absolute atomic E-state index is 0.0110. The second-order valence-corrected chi connectivity index (χ2v) is 2.96. The zero-order valence-electron chi connectivity index (χ0n) is 6.37. The molecule has 0 unspecified atom stereocenters. The van der Waals surface area contributed by atoms with Crippen molar-refractivity contribution >= 4 is 5.91 Å². The first kappa shape index (κ1) is 7.15. The van der Waals surface area contributed by atoms with Gasteiger partial charge in [0.25, 0.3) is 5.91 Å². The lowest BCUT2D eigenvalue weighted by Gasteiger charge is -1.87. The van der Waals surface area contributed by atoms with Gasteiger partial charge in [0.05, 0.1) is 0 Å². The molecule has 5 heteroatoms. The molecule has 0 saturated heterocycles. The number of aromatic hydroxyl groups is 1. The summed E-state index contributed by atoms with van der Waals surface area (Å²) in [4.78, 5) is 17.2. The van der Waals surface area contributed by atoms with Crippen LogP contribution in [0.4, 0.5) is 0 Å². The van der Waals surface area contributed by atoms with Gasteiger partial charge < -0.3 is 15.8 Å². The van der Waals surface area contributed by atoms with E-state index in [4.69, 9.17) is 10.8 Å². The standard InChI is InChI=1S/C7H9N3O2/c8-5(11)4-7(12)10-6(9-4)3-1-2-3/h3,12H,1-2H2,(H2,8,11)(H,9,10). The quantitative estimate of drug-likeness (QED) is 0.582. The van der Waals surface area contributed by atoms with Crippen LogP contribution in [0.25, 0.3) is 0 Å². The lowest BCUT2D eigenvalue weighted by Crippen LogP contribution is -2.11. The highest BCUT2D eigenvalue weighted by molar-refractivity contribution is 5.93.